The molecule has 1 amide bonds. The van der Waals surface area contributed by atoms with Crippen molar-refractivity contribution in [3.8, 4) is 0 Å². The van der Waals surface area contributed by atoms with Gasteiger partial charge in [0.15, 0.2) is 5.78 Å². The van der Waals surface area contributed by atoms with Gasteiger partial charge in [0.2, 0.25) is 5.91 Å². The summed E-state index contributed by atoms with van der Waals surface area (Å²) in [6.45, 7) is 3.80. The fourth-order valence-electron chi connectivity index (χ4n) is 4.38. The Balaban J connectivity index is 1.47. The minimum atomic E-state index is -0.353. The number of hydrogen-bond donors (Lipinski definition) is 0. The summed E-state index contributed by atoms with van der Waals surface area (Å²) in [5.41, 5.74) is 1.46. The van der Waals surface area contributed by atoms with Crippen molar-refractivity contribution in [1.29, 1.82) is 0 Å². The van der Waals surface area contributed by atoms with Gasteiger partial charge >= 0.3 is 5.69 Å². The third kappa shape index (κ3) is 2.91. The van der Waals surface area contributed by atoms with Crippen LogP contribution in [-0.4, -0.2) is 44.0 Å². The Morgan fingerprint density at radius 2 is 1.89 bits per heavy atom. The lowest BCUT2D eigenvalue weighted by Gasteiger charge is -2.33. The molecule has 1 atom stereocenters. The van der Waals surface area contributed by atoms with Crippen LogP contribution in [0.4, 0.5) is 0 Å². The van der Waals surface area contributed by atoms with Crippen molar-refractivity contribution in [2.45, 2.75) is 44.6 Å². The van der Waals surface area contributed by atoms with Crippen LogP contribution >= 0.6 is 0 Å². The van der Waals surface area contributed by atoms with Gasteiger partial charge in [0.05, 0.1) is 5.92 Å². The van der Waals surface area contributed by atoms with Crippen LogP contribution in [0.3, 0.4) is 0 Å². The second kappa shape index (κ2) is 6.79. The molecule has 2 aliphatic rings. The summed E-state index contributed by atoms with van der Waals surface area (Å²) >= 11 is 0. The van der Waals surface area contributed by atoms with E-state index in [9.17, 15) is 14.4 Å². The van der Waals surface area contributed by atoms with Crippen LogP contribution in [0.25, 0.3) is 0 Å². The number of hydrogen-bond acceptors (Lipinski definition) is 4. The lowest BCUT2D eigenvalue weighted by molar-refractivity contribution is -0.133. The van der Waals surface area contributed by atoms with E-state index >= 15 is 0 Å². The summed E-state index contributed by atoms with van der Waals surface area (Å²) in [5.74, 6) is 0.743. The van der Waals surface area contributed by atoms with E-state index in [-0.39, 0.29) is 35.6 Å². The Morgan fingerprint density at radius 3 is 2.59 bits per heavy atom. The van der Waals surface area contributed by atoms with Crippen LogP contribution in [0.1, 0.15) is 59.8 Å². The van der Waals surface area contributed by atoms with Crippen LogP contribution in [0, 0.1) is 0 Å². The first kappa shape index (κ1) is 17.7. The molecule has 4 rings (SSSR count). The Labute approximate surface area is 157 Å². The number of amides is 1. The van der Waals surface area contributed by atoms with Gasteiger partial charge in [0, 0.05) is 44.6 Å². The number of benzene rings is 1. The van der Waals surface area contributed by atoms with Crippen LogP contribution < -0.4 is 5.69 Å². The van der Waals surface area contributed by atoms with E-state index in [4.69, 9.17) is 0 Å². The summed E-state index contributed by atoms with van der Waals surface area (Å²) < 4.78 is 3.10. The minimum absolute atomic E-state index is 0.0423. The van der Waals surface area contributed by atoms with Gasteiger partial charge in [-0.2, -0.15) is 5.10 Å². The maximum Gasteiger partial charge on any atom is 0.345 e. The maximum absolute atomic E-state index is 13.0. The number of aromatic nitrogens is 3. The number of piperidine rings is 1. The van der Waals surface area contributed by atoms with Crippen molar-refractivity contribution in [1.82, 2.24) is 19.2 Å². The monoisotopic (exact) mass is 368 g/mol. The quantitative estimate of drug-likeness (QED) is 0.826. The zero-order chi connectivity index (χ0) is 19.1. The van der Waals surface area contributed by atoms with Crippen molar-refractivity contribution in [2.24, 2.45) is 7.05 Å². The van der Waals surface area contributed by atoms with Gasteiger partial charge in [0.1, 0.15) is 5.82 Å². The standard InChI is InChI=1S/C20H24N4O3/c1-3-24-18(21-22(2)20(24)27)13-8-10-23(11-9-13)19(26)16-12-17(25)15-7-5-4-6-14(15)16/h4-7,13,16H,3,8-12H2,1-2H3/t16-/m0/s1. The van der Waals surface area contributed by atoms with Gasteiger partial charge < -0.3 is 4.90 Å². The molecule has 1 aliphatic carbocycles. The van der Waals surface area contributed by atoms with Gasteiger partial charge in [-0.3, -0.25) is 14.2 Å². The van der Waals surface area contributed by atoms with Gasteiger partial charge in [0.25, 0.3) is 0 Å². The molecular formula is C20H24N4O3. The van der Waals surface area contributed by atoms with E-state index in [0.717, 1.165) is 24.2 Å². The van der Waals surface area contributed by atoms with E-state index in [2.05, 4.69) is 5.10 Å². The molecule has 27 heavy (non-hydrogen) atoms. The van der Waals surface area contributed by atoms with Crippen LogP contribution in [0.5, 0.6) is 0 Å². The van der Waals surface area contributed by atoms with Gasteiger partial charge in [-0.25, -0.2) is 9.48 Å². The molecule has 0 spiro atoms. The molecule has 1 saturated heterocycles. The zero-order valence-corrected chi connectivity index (χ0v) is 15.7. The Morgan fingerprint density at radius 1 is 1.19 bits per heavy atom. The smallest absolute Gasteiger partial charge is 0.342 e. The number of carbonyl (C=O) groups is 2. The zero-order valence-electron chi connectivity index (χ0n) is 15.7. The topological polar surface area (TPSA) is 77.2 Å². The first-order valence-corrected chi connectivity index (χ1v) is 9.56. The first-order valence-electron chi connectivity index (χ1n) is 9.56. The molecule has 0 saturated carbocycles. The number of rotatable bonds is 3. The molecule has 2 heterocycles. The Hall–Kier alpha value is -2.70. The molecule has 1 fully saturated rings. The highest BCUT2D eigenvalue weighted by Crippen LogP contribution is 2.36. The highest BCUT2D eigenvalue weighted by molar-refractivity contribution is 6.06. The number of fused-ring (bicyclic) bond motifs is 1. The van der Waals surface area contributed by atoms with Crippen molar-refractivity contribution >= 4 is 11.7 Å². The lowest BCUT2D eigenvalue weighted by Crippen LogP contribution is -2.40. The normalized spacial score (nSPS) is 20.1. The molecule has 7 heteroatoms. The van der Waals surface area contributed by atoms with Crippen LogP contribution in [0.2, 0.25) is 0 Å². The van der Waals surface area contributed by atoms with E-state index in [0.29, 0.717) is 25.2 Å². The average Bonchev–Trinajstić information content (AvgIpc) is 3.18. The molecule has 0 N–H and O–H groups in total. The second-order valence-electron chi connectivity index (χ2n) is 7.38. The molecule has 0 radical (unpaired) electrons. The third-order valence-corrected chi connectivity index (χ3v) is 5.85. The average molecular weight is 368 g/mol. The maximum atomic E-state index is 13.0. The number of ketones is 1. The van der Waals surface area contributed by atoms with Crippen molar-refractivity contribution in [2.75, 3.05) is 13.1 Å². The van der Waals surface area contributed by atoms with Gasteiger partial charge in [-0.05, 0) is 25.3 Å². The molecule has 0 unspecified atom stereocenters. The fraction of sp³-hybridized carbons (Fsp3) is 0.500. The summed E-state index contributed by atoms with van der Waals surface area (Å²) in [7, 11) is 1.67. The van der Waals surface area contributed by atoms with E-state index in [1.807, 2.05) is 36.1 Å². The third-order valence-electron chi connectivity index (χ3n) is 5.85. The first-order chi connectivity index (χ1) is 13.0. The fourth-order valence-corrected chi connectivity index (χ4v) is 4.38. The summed E-state index contributed by atoms with van der Waals surface area (Å²) in [5, 5.41) is 4.41. The largest absolute Gasteiger partial charge is 0.345 e. The summed E-state index contributed by atoms with van der Waals surface area (Å²) in [6, 6.07) is 7.43. The second-order valence-corrected chi connectivity index (χ2v) is 7.38. The SMILES string of the molecule is CCn1c(C2CCN(C(=O)[C@H]3CC(=O)c4ccccc43)CC2)nn(C)c1=O. The molecule has 142 valence electrons. The number of nitrogens with zero attached hydrogens (tertiary/aromatic N) is 4. The lowest BCUT2D eigenvalue weighted by atomic mass is 9.93. The number of Topliss-reactive ketones (excluding diaryl/α,β-unsaturated/α-hetero) is 1. The van der Waals surface area contributed by atoms with Gasteiger partial charge in [-0.1, -0.05) is 24.3 Å². The predicted molar refractivity (Wildman–Crippen MR) is 99.8 cm³/mol. The van der Waals surface area contributed by atoms with Crippen LogP contribution in [-0.2, 0) is 18.4 Å². The highest BCUT2D eigenvalue weighted by Gasteiger charge is 2.37. The van der Waals surface area contributed by atoms with Gasteiger partial charge in [-0.15, -0.1) is 0 Å². The highest BCUT2D eigenvalue weighted by atomic mass is 16.2. The molecule has 1 aromatic carbocycles. The van der Waals surface area contributed by atoms with E-state index in [1.165, 1.54) is 4.68 Å². The molecule has 0 bridgehead atoms. The van der Waals surface area contributed by atoms with Crippen molar-refractivity contribution < 1.29 is 9.59 Å². The Kier molecular flexibility index (Phi) is 4.45. The van der Waals surface area contributed by atoms with Crippen LogP contribution in [0.15, 0.2) is 29.1 Å². The summed E-state index contributed by atoms with van der Waals surface area (Å²) in [4.78, 5) is 39.2. The van der Waals surface area contributed by atoms with E-state index < -0.39 is 0 Å². The minimum Gasteiger partial charge on any atom is -0.342 e. The molecule has 1 aromatic heterocycles. The summed E-state index contributed by atoms with van der Waals surface area (Å²) in [6.07, 6.45) is 1.84. The number of aryl methyl sites for hydroxylation is 1. The molecule has 1 aliphatic heterocycles. The molecular weight excluding hydrogens is 344 g/mol. The number of likely N-dealkylation sites (tertiary alicyclic amines) is 1. The molecule has 2 aromatic rings. The number of carbonyl (C=O) groups excluding carboxylic acids is 2. The molecule has 7 nitrogen and oxygen atoms in total. The van der Waals surface area contributed by atoms with E-state index in [1.54, 1.807) is 11.6 Å². The van der Waals surface area contributed by atoms with Crippen molar-refractivity contribution in [3.63, 3.8) is 0 Å². The Bertz CT molecular complexity index is 950. The predicted octanol–water partition coefficient (Wildman–Crippen LogP) is 1.68. The van der Waals surface area contributed by atoms with Crippen molar-refractivity contribution in [3.05, 3.63) is 51.7 Å².